The van der Waals surface area contributed by atoms with Crippen LogP contribution in [0.1, 0.15) is 70.6 Å². The number of alkyl halides is 1. The highest BCUT2D eigenvalue weighted by molar-refractivity contribution is 6.17. The zero-order chi connectivity index (χ0) is 20.7. The summed E-state index contributed by atoms with van der Waals surface area (Å²) in [6, 6.07) is 0.808. The molecule has 0 N–H and O–H groups in total. The van der Waals surface area contributed by atoms with Crippen LogP contribution >= 0.6 is 11.6 Å². The van der Waals surface area contributed by atoms with Gasteiger partial charge in [0.25, 0.3) is 0 Å². The molecule has 0 spiro atoms. The van der Waals surface area contributed by atoms with Gasteiger partial charge in [-0.1, -0.05) is 47.6 Å². The van der Waals surface area contributed by atoms with Crippen molar-refractivity contribution in [3.63, 3.8) is 0 Å². The average molecular weight is 432 g/mol. The molecule has 0 aromatic heterocycles. The van der Waals surface area contributed by atoms with E-state index in [0.717, 1.165) is 28.2 Å². The molecule has 0 aromatic carbocycles. The molecule has 0 amide bonds. The third-order valence-electron chi connectivity index (χ3n) is 8.27. The van der Waals surface area contributed by atoms with Gasteiger partial charge in [0.1, 0.15) is 0 Å². The molecule has 0 aliphatic carbocycles. The lowest BCUT2D eigenvalue weighted by Crippen LogP contribution is -2.57. The Morgan fingerprint density at radius 3 is 2.47 bits per heavy atom. The third-order valence-corrected chi connectivity index (χ3v) is 8.78. The summed E-state index contributed by atoms with van der Waals surface area (Å²) in [5.41, 5.74) is 1.80. The normalized spacial score (nSPS) is 40.9. The fourth-order valence-electron chi connectivity index (χ4n) is 6.56. The van der Waals surface area contributed by atoms with Crippen LogP contribution in [-0.2, 0) is 0 Å². The van der Waals surface area contributed by atoms with Gasteiger partial charge in [-0.05, 0) is 82.6 Å². The minimum Gasteiger partial charge on any atom is -0.311 e. The van der Waals surface area contributed by atoms with Gasteiger partial charge in [0.05, 0.1) is 19.6 Å². The van der Waals surface area contributed by atoms with E-state index in [1.54, 1.807) is 5.57 Å². The summed E-state index contributed by atoms with van der Waals surface area (Å²) in [6.45, 7) is 7.69. The topological polar surface area (TPSA) is 3.24 Å². The number of rotatable bonds is 1. The number of fused-ring (bicyclic) bond motifs is 8. The number of quaternary nitrogens is 1. The summed E-state index contributed by atoms with van der Waals surface area (Å²) >= 11 is 6.67. The van der Waals surface area contributed by atoms with Gasteiger partial charge in [0, 0.05) is 25.4 Å². The Kier molecular flexibility index (Phi) is 8.55. The number of hydrogen-bond acceptors (Lipinski definition) is 1. The second-order valence-corrected chi connectivity index (χ2v) is 10.8. The van der Waals surface area contributed by atoms with Crippen LogP contribution in [0.15, 0.2) is 36.0 Å². The minimum atomic E-state index is 0.752. The minimum absolute atomic E-state index is 0.752. The van der Waals surface area contributed by atoms with Gasteiger partial charge < -0.3 is 4.48 Å². The van der Waals surface area contributed by atoms with E-state index in [1.807, 2.05) is 0 Å². The summed E-state index contributed by atoms with van der Waals surface area (Å²) < 4.78 is 1.16. The molecule has 2 nitrogen and oxygen atoms in total. The van der Waals surface area contributed by atoms with Crippen molar-refractivity contribution < 1.29 is 4.48 Å². The fraction of sp³-hybridized carbons (Fsp3) is 0.778. The Morgan fingerprint density at radius 1 is 0.867 bits per heavy atom. The van der Waals surface area contributed by atoms with Crippen LogP contribution < -0.4 is 0 Å². The van der Waals surface area contributed by atoms with Gasteiger partial charge in [0.2, 0.25) is 0 Å². The zero-order valence-corrected chi connectivity index (χ0v) is 19.9. The highest BCUT2D eigenvalue weighted by atomic mass is 35.5. The Hall–Kier alpha value is -0.570. The maximum Gasteiger partial charge on any atom is 0.154 e. The SMILES string of the molecule is ClC[N+]12CCCC/C=C\CC[C@@H]3C=C4CN(CCCC/C=C\CC[C@H](C1)[C@H]4CC2)C3. The molecule has 5 rings (SSSR count). The van der Waals surface area contributed by atoms with Gasteiger partial charge in [-0.25, -0.2) is 0 Å². The van der Waals surface area contributed by atoms with Gasteiger partial charge in [-0.2, -0.15) is 0 Å². The number of piperidine rings is 1. The second kappa shape index (κ2) is 11.3. The lowest BCUT2D eigenvalue weighted by atomic mass is 9.74. The third kappa shape index (κ3) is 6.02. The Bertz CT molecular complexity index is 624. The molecule has 5 atom stereocenters. The molecule has 1 saturated heterocycles. The molecular weight excluding hydrogens is 388 g/mol. The lowest BCUT2D eigenvalue weighted by molar-refractivity contribution is -0.927. The molecule has 0 saturated carbocycles. The van der Waals surface area contributed by atoms with Crippen LogP contribution in [0.2, 0.25) is 0 Å². The first-order chi connectivity index (χ1) is 14.8. The summed E-state index contributed by atoms with van der Waals surface area (Å²) in [5.74, 6) is 2.35. The molecule has 5 aliphatic rings. The Balaban J connectivity index is 1.62. The van der Waals surface area contributed by atoms with Crippen molar-refractivity contribution >= 4 is 11.6 Å². The summed E-state index contributed by atoms with van der Waals surface area (Å²) in [6.07, 6.45) is 27.0. The van der Waals surface area contributed by atoms with Crippen LogP contribution in [-0.4, -0.2) is 54.7 Å². The predicted octanol–water partition coefficient (Wildman–Crippen LogP) is 6.53. The molecule has 1 fully saturated rings. The van der Waals surface area contributed by atoms with Crippen LogP contribution in [0.5, 0.6) is 0 Å². The number of allylic oxidation sites excluding steroid dienone is 4. The van der Waals surface area contributed by atoms with Crippen molar-refractivity contribution in [2.45, 2.75) is 70.6 Å². The standard InChI is InChI=1S/C27H44ClN2/c28-23-30-17-12-8-4-2-5-9-13-24-19-26-21-29(20-24)16-11-7-3-1-6-10-14-25(22-30)27(26)15-18-30/h1-2,5-6,19,24-25,27H,3-4,7-18,20-23H2/q+1/b5-2-,6-1-/t24-,25-,27-,30?/m1/s1. The second-order valence-electron chi connectivity index (χ2n) is 10.6. The van der Waals surface area contributed by atoms with E-state index in [1.165, 1.54) is 110 Å². The first-order valence-electron chi connectivity index (χ1n) is 12.9. The molecule has 5 heterocycles. The predicted molar refractivity (Wildman–Crippen MR) is 130 cm³/mol. The van der Waals surface area contributed by atoms with E-state index in [-0.39, 0.29) is 0 Å². The van der Waals surface area contributed by atoms with Gasteiger partial charge in [-0.15, -0.1) is 0 Å². The molecule has 0 aromatic rings. The molecule has 168 valence electrons. The van der Waals surface area contributed by atoms with E-state index < -0.39 is 0 Å². The maximum atomic E-state index is 6.67. The Labute approximate surface area is 190 Å². The zero-order valence-electron chi connectivity index (χ0n) is 19.1. The van der Waals surface area contributed by atoms with Crippen LogP contribution in [0.3, 0.4) is 0 Å². The first-order valence-corrected chi connectivity index (χ1v) is 13.5. The van der Waals surface area contributed by atoms with Crippen molar-refractivity contribution in [2.24, 2.45) is 17.8 Å². The van der Waals surface area contributed by atoms with Crippen molar-refractivity contribution in [3.8, 4) is 0 Å². The highest BCUT2D eigenvalue weighted by Crippen LogP contribution is 2.39. The number of hydrogen-bond donors (Lipinski definition) is 0. The molecule has 3 heteroatoms. The number of nitrogens with zero attached hydrogens (tertiary/aromatic N) is 2. The van der Waals surface area contributed by atoms with Crippen LogP contribution in [0.4, 0.5) is 0 Å². The lowest BCUT2D eigenvalue weighted by Gasteiger charge is -2.48. The smallest absolute Gasteiger partial charge is 0.154 e. The van der Waals surface area contributed by atoms with E-state index >= 15 is 0 Å². The fourth-order valence-corrected chi connectivity index (χ4v) is 6.90. The molecule has 5 aliphatic heterocycles. The molecule has 6 bridgehead atoms. The molecule has 30 heavy (non-hydrogen) atoms. The van der Waals surface area contributed by atoms with E-state index in [9.17, 15) is 0 Å². The average Bonchev–Trinajstić information content (AvgIpc) is 2.76. The monoisotopic (exact) mass is 431 g/mol. The molecule has 0 radical (unpaired) electrons. The van der Waals surface area contributed by atoms with Crippen LogP contribution in [0.25, 0.3) is 0 Å². The summed E-state index contributed by atoms with van der Waals surface area (Å²) in [4.78, 5) is 2.80. The van der Waals surface area contributed by atoms with E-state index in [2.05, 4.69) is 35.3 Å². The van der Waals surface area contributed by atoms with Crippen molar-refractivity contribution in [1.82, 2.24) is 4.90 Å². The van der Waals surface area contributed by atoms with Crippen molar-refractivity contribution in [1.29, 1.82) is 0 Å². The number of halogens is 1. The summed E-state index contributed by atoms with van der Waals surface area (Å²) in [7, 11) is 0. The van der Waals surface area contributed by atoms with Crippen molar-refractivity contribution in [2.75, 3.05) is 45.3 Å². The summed E-state index contributed by atoms with van der Waals surface area (Å²) in [5, 5.41) is 0. The molecule has 2 unspecified atom stereocenters. The molecular formula is C27H44ClN2+. The quantitative estimate of drug-likeness (QED) is 0.197. The van der Waals surface area contributed by atoms with E-state index in [4.69, 9.17) is 11.6 Å². The van der Waals surface area contributed by atoms with Gasteiger partial charge >= 0.3 is 0 Å². The highest BCUT2D eigenvalue weighted by Gasteiger charge is 2.41. The van der Waals surface area contributed by atoms with Crippen LogP contribution in [0, 0.1) is 17.8 Å². The van der Waals surface area contributed by atoms with Crippen molar-refractivity contribution in [3.05, 3.63) is 36.0 Å². The first kappa shape index (κ1) is 22.6. The maximum absolute atomic E-state index is 6.67. The largest absolute Gasteiger partial charge is 0.311 e. The van der Waals surface area contributed by atoms with Gasteiger partial charge in [0.15, 0.2) is 6.00 Å². The van der Waals surface area contributed by atoms with Gasteiger partial charge in [-0.3, -0.25) is 4.90 Å². The van der Waals surface area contributed by atoms with E-state index in [0.29, 0.717) is 0 Å². The Morgan fingerprint density at radius 2 is 1.63 bits per heavy atom.